The molecule has 7 atom stereocenters. The van der Waals surface area contributed by atoms with Gasteiger partial charge in [-0.25, -0.2) is 0 Å². The number of benzene rings is 1. The third kappa shape index (κ3) is 4.24. The van der Waals surface area contributed by atoms with E-state index in [9.17, 15) is 19.5 Å². The van der Waals surface area contributed by atoms with Gasteiger partial charge in [-0.1, -0.05) is 44.6 Å². The van der Waals surface area contributed by atoms with E-state index >= 15 is 0 Å². The maximum absolute atomic E-state index is 14.5. The zero-order valence-corrected chi connectivity index (χ0v) is 22.9. The number of amides is 2. The maximum Gasteiger partial charge on any atom is 0.311 e. The van der Waals surface area contributed by atoms with Crippen LogP contribution in [-0.2, 0) is 19.1 Å². The molecule has 1 N–H and O–H groups in total. The summed E-state index contributed by atoms with van der Waals surface area (Å²) in [4.78, 5) is 45.6. The van der Waals surface area contributed by atoms with Crippen molar-refractivity contribution >= 4 is 35.2 Å². The molecule has 8 nitrogen and oxygen atoms in total. The third-order valence-corrected chi connectivity index (χ3v) is 10.3. The Morgan fingerprint density at radius 3 is 2.63 bits per heavy atom. The lowest BCUT2D eigenvalue weighted by atomic mass is 9.78. The summed E-state index contributed by atoms with van der Waals surface area (Å²) in [6.07, 6.45) is 10.3. The van der Waals surface area contributed by atoms with Crippen LogP contribution in [0.25, 0.3) is 0 Å². The second-order valence-electron chi connectivity index (χ2n) is 10.5. The smallest absolute Gasteiger partial charge is 0.311 e. The van der Waals surface area contributed by atoms with Gasteiger partial charge in [0.2, 0.25) is 5.91 Å². The fourth-order valence-electron chi connectivity index (χ4n) is 6.36. The van der Waals surface area contributed by atoms with Gasteiger partial charge >= 0.3 is 5.97 Å². The number of ether oxygens (including phenoxy) is 2. The highest BCUT2D eigenvalue weighted by Crippen LogP contribution is 2.61. The van der Waals surface area contributed by atoms with Gasteiger partial charge in [0.05, 0.1) is 42.9 Å². The average molecular weight is 541 g/mol. The molecular weight excluding hydrogens is 504 g/mol. The van der Waals surface area contributed by atoms with Gasteiger partial charge in [0.15, 0.2) is 0 Å². The summed E-state index contributed by atoms with van der Waals surface area (Å²) in [5.74, 6) is -1.67. The Kier molecular flexibility index (Phi) is 7.60. The molecule has 4 aliphatic rings. The molecule has 0 aliphatic carbocycles. The number of hydrogen-bond acceptors (Lipinski definition) is 7. The summed E-state index contributed by atoms with van der Waals surface area (Å²) < 4.78 is 9.97. The van der Waals surface area contributed by atoms with Crippen molar-refractivity contribution in [2.75, 3.05) is 31.8 Å². The summed E-state index contributed by atoms with van der Waals surface area (Å²) in [5, 5.41) is 10.2. The van der Waals surface area contributed by atoms with Crippen LogP contribution in [-0.4, -0.2) is 76.7 Å². The molecule has 1 spiro atoms. The molecule has 2 fully saturated rings. The van der Waals surface area contributed by atoms with Gasteiger partial charge in [-0.15, -0.1) is 11.8 Å². The molecule has 0 radical (unpaired) electrons. The molecule has 4 heterocycles. The topological polar surface area (TPSA) is 96.4 Å². The van der Waals surface area contributed by atoms with Crippen molar-refractivity contribution in [1.82, 2.24) is 4.90 Å². The van der Waals surface area contributed by atoms with E-state index in [0.29, 0.717) is 24.6 Å². The molecule has 2 saturated heterocycles. The number of anilines is 1. The van der Waals surface area contributed by atoms with Crippen LogP contribution in [0.15, 0.2) is 48.6 Å². The zero-order valence-electron chi connectivity index (χ0n) is 22.1. The van der Waals surface area contributed by atoms with Crippen LogP contribution in [0.2, 0.25) is 0 Å². The first-order chi connectivity index (χ1) is 18.4. The van der Waals surface area contributed by atoms with E-state index in [1.165, 1.54) is 11.8 Å². The number of allylic oxidation sites excluding steroid dienone is 1. The number of methoxy groups -OCH3 is 1. The Bertz CT molecular complexity index is 1140. The molecule has 0 saturated carbocycles. The number of aliphatic hydroxyl groups is 1. The van der Waals surface area contributed by atoms with Gasteiger partial charge in [-0.3, -0.25) is 14.4 Å². The molecule has 1 aromatic rings. The molecule has 2 amide bonds. The lowest BCUT2D eigenvalue weighted by molar-refractivity contribution is -0.153. The Balaban J connectivity index is 1.64. The number of rotatable bonds is 6. The van der Waals surface area contributed by atoms with Gasteiger partial charge in [0.1, 0.15) is 11.8 Å². The monoisotopic (exact) mass is 540 g/mol. The quantitative estimate of drug-likeness (QED) is 0.437. The molecule has 38 heavy (non-hydrogen) atoms. The first kappa shape index (κ1) is 26.8. The zero-order chi connectivity index (χ0) is 27.0. The molecule has 4 aliphatic heterocycles. The van der Waals surface area contributed by atoms with E-state index in [4.69, 9.17) is 9.47 Å². The number of cyclic esters (lactones) is 1. The molecule has 9 heteroatoms. The summed E-state index contributed by atoms with van der Waals surface area (Å²) in [7, 11) is 1.59. The van der Waals surface area contributed by atoms with Crippen LogP contribution in [0.3, 0.4) is 0 Å². The van der Waals surface area contributed by atoms with Crippen LogP contribution >= 0.6 is 11.8 Å². The Morgan fingerprint density at radius 1 is 1.18 bits per heavy atom. The van der Waals surface area contributed by atoms with Crippen molar-refractivity contribution in [3.8, 4) is 5.75 Å². The van der Waals surface area contributed by atoms with Crippen molar-refractivity contribution in [2.45, 2.75) is 55.2 Å². The van der Waals surface area contributed by atoms with Crippen molar-refractivity contribution < 1.29 is 29.0 Å². The Labute approximate surface area is 228 Å². The minimum Gasteiger partial charge on any atom is -0.497 e. The molecule has 1 aromatic carbocycles. The fourth-order valence-corrected chi connectivity index (χ4v) is 8.35. The van der Waals surface area contributed by atoms with E-state index in [1.807, 2.05) is 44.2 Å². The third-order valence-electron chi connectivity index (χ3n) is 8.52. The summed E-state index contributed by atoms with van der Waals surface area (Å²) in [6, 6.07) is 5.86. The highest BCUT2D eigenvalue weighted by Gasteiger charge is 2.72. The van der Waals surface area contributed by atoms with Gasteiger partial charge in [0.25, 0.3) is 5.91 Å². The number of likely N-dealkylation sites (tertiary alicyclic amines) is 1. The standard InChI is InChI=1S/C29H36N2O6S/c1-4-18(2)21(17-32)31-25-27(34)30(19-10-12-20(36-3)13-11-19)15-8-14-29(25)24(26(31)33)23-22(38-29)9-6-5-7-16-37-28(23)35/h6,8-14,18,21-25,32H,4-5,7,15-17H2,1-3H3/b9-6-/t18-,21-,22-,23+,24-,25?,29-/m0/s1. The van der Waals surface area contributed by atoms with Gasteiger partial charge < -0.3 is 24.4 Å². The molecule has 0 aromatic heterocycles. The minimum absolute atomic E-state index is 0.0394. The second kappa shape index (κ2) is 10.8. The van der Waals surface area contributed by atoms with Gasteiger partial charge in [-0.05, 0) is 43.0 Å². The number of esters is 1. The summed E-state index contributed by atoms with van der Waals surface area (Å²) >= 11 is 1.52. The molecule has 1 unspecified atom stereocenters. The maximum atomic E-state index is 14.5. The number of hydrogen-bond donors (Lipinski definition) is 1. The summed E-state index contributed by atoms with van der Waals surface area (Å²) in [5.41, 5.74) is 0.697. The van der Waals surface area contributed by atoms with Crippen molar-refractivity contribution in [3.63, 3.8) is 0 Å². The normalized spacial score (nSPS) is 33.2. The predicted octanol–water partition coefficient (Wildman–Crippen LogP) is 3.20. The van der Waals surface area contributed by atoms with E-state index < -0.39 is 28.7 Å². The highest BCUT2D eigenvalue weighted by atomic mass is 32.2. The largest absolute Gasteiger partial charge is 0.497 e. The SMILES string of the molecule is CC[C@H](C)[C@H](CO)N1C(=O)[C@@H]2[C@@H]3C(=O)OCCC/C=C\[C@@H]3S[C@@]23C=CCN(c2ccc(OC)cc2)C(=O)C13. The Hall–Kier alpha value is -2.78. The van der Waals surface area contributed by atoms with Crippen LogP contribution in [0.5, 0.6) is 5.75 Å². The number of aliphatic hydroxyl groups excluding tert-OH is 1. The van der Waals surface area contributed by atoms with Crippen LogP contribution < -0.4 is 9.64 Å². The summed E-state index contributed by atoms with van der Waals surface area (Å²) in [6.45, 7) is 4.38. The lowest BCUT2D eigenvalue weighted by Crippen LogP contribution is -2.58. The van der Waals surface area contributed by atoms with Crippen molar-refractivity contribution in [3.05, 3.63) is 48.6 Å². The number of fused-ring (bicyclic) bond motifs is 2. The Morgan fingerprint density at radius 2 is 1.95 bits per heavy atom. The molecule has 0 bridgehead atoms. The van der Waals surface area contributed by atoms with Crippen LogP contribution in [0.1, 0.15) is 33.1 Å². The fraction of sp³-hybridized carbons (Fsp3) is 0.552. The van der Waals surface area contributed by atoms with Crippen molar-refractivity contribution in [2.24, 2.45) is 17.8 Å². The molecule has 204 valence electrons. The highest BCUT2D eigenvalue weighted by molar-refractivity contribution is 8.02. The lowest BCUT2D eigenvalue weighted by Gasteiger charge is -2.40. The van der Waals surface area contributed by atoms with E-state index in [1.54, 1.807) is 29.0 Å². The minimum atomic E-state index is -0.950. The first-order valence-corrected chi connectivity index (χ1v) is 14.3. The number of carbonyl (C=O) groups excluding carboxylic acids is 3. The van der Waals surface area contributed by atoms with E-state index in [-0.39, 0.29) is 35.6 Å². The second-order valence-corrected chi connectivity index (χ2v) is 12.0. The van der Waals surface area contributed by atoms with Gasteiger partial charge in [0, 0.05) is 17.5 Å². The number of nitrogens with zero attached hydrogens (tertiary/aromatic N) is 2. The number of thioether (sulfide) groups is 1. The first-order valence-electron chi connectivity index (χ1n) is 13.4. The van der Waals surface area contributed by atoms with E-state index in [0.717, 1.165) is 19.3 Å². The number of carbonyl (C=O) groups is 3. The van der Waals surface area contributed by atoms with Crippen molar-refractivity contribution in [1.29, 1.82) is 0 Å². The molecule has 5 rings (SSSR count). The van der Waals surface area contributed by atoms with Crippen LogP contribution in [0.4, 0.5) is 5.69 Å². The molecular formula is C29H36N2O6S. The van der Waals surface area contributed by atoms with E-state index in [2.05, 4.69) is 6.08 Å². The predicted molar refractivity (Wildman–Crippen MR) is 146 cm³/mol. The van der Waals surface area contributed by atoms with Crippen LogP contribution in [0, 0.1) is 17.8 Å². The van der Waals surface area contributed by atoms with Gasteiger partial charge in [-0.2, -0.15) is 0 Å². The average Bonchev–Trinajstić information content (AvgIpc) is 3.34.